The average Bonchev–Trinajstić information content (AvgIpc) is 3.13. The zero-order valence-electron chi connectivity index (χ0n) is 13.5. The highest BCUT2D eigenvalue weighted by atomic mass is 79.9. The molecule has 1 aromatic carbocycles. The summed E-state index contributed by atoms with van der Waals surface area (Å²) in [7, 11) is 0. The van der Waals surface area contributed by atoms with Crippen molar-refractivity contribution < 1.29 is 0 Å². The summed E-state index contributed by atoms with van der Waals surface area (Å²) in [6.07, 6.45) is 4.38. The molecule has 3 rings (SSSR count). The van der Waals surface area contributed by atoms with Gasteiger partial charge in [0.1, 0.15) is 0 Å². The van der Waals surface area contributed by atoms with Crippen molar-refractivity contribution in [3.05, 3.63) is 68.3 Å². The van der Waals surface area contributed by atoms with Crippen LogP contribution in [-0.2, 0) is 5.41 Å². The summed E-state index contributed by atoms with van der Waals surface area (Å²) in [4.78, 5) is 3.92. The van der Waals surface area contributed by atoms with E-state index in [0.29, 0.717) is 0 Å². The highest BCUT2D eigenvalue weighted by molar-refractivity contribution is 9.11. The van der Waals surface area contributed by atoms with Crippen LogP contribution in [0.2, 0.25) is 0 Å². The number of hydrogen-bond acceptors (Lipinski definition) is 2. The molecular formula is C20H19BrS2. The first-order valence-corrected chi connectivity index (χ1v) is 9.98. The van der Waals surface area contributed by atoms with E-state index in [-0.39, 0.29) is 5.41 Å². The van der Waals surface area contributed by atoms with Crippen molar-refractivity contribution in [1.29, 1.82) is 0 Å². The Balaban J connectivity index is 1.74. The molecule has 0 fully saturated rings. The molecule has 0 aliphatic carbocycles. The molecular weight excluding hydrogens is 384 g/mol. The lowest BCUT2D eigenvalue weighted by molar-refractivity contribution is 0.590. The van der Waals surface area contributed by atoms with Crippen molar-refractivity contribution in [2.24, 2.45) is 0 Å². The molecule has 0 aliphatic heterocycles. The third kappa shape index (κ3) is 4.23. The molecule has 0 unspecified atom stereocenters. The van der Waals surface area contributed by atoms with Gasteiger partial charge in [-0.1, -0.05) is 51.1 Å². The maximum Gasteiger partial charge on any atom is 0.0705 e. The van der Waals surface area contributed by atoms with Gasteiger partial charge < -0.3 is 0 Å². The van der Waals surface area contributed by atoms with Crippen LogP contribution in [0.25, 0.3) is 21.9 Å². The second-order valence-corrected chi connectivity index (χ2v) is 10.1. The molecule has 0 saturated heterocycles. The van der Waals surface area contributed by atoms with E-state index in [1.54, 1.807) is 11.3 Å². The third-order valence-electron chi connectivity index (χ3n) is 3.66. The van der Waals surface area contributed by atoms with E-state index in [2.05, 4.69) is 97.4 Å². The van der Waals surface area contributed by atoms with Crippen molar-refractivity contribution in [1.82, 2.24) is 0 Å². The van der Waals surface area contributed by atoms with E-state index in [0.717, 1.165) is 0 Å². The summed E-state index contributed by atoms with van der Waals surface area (Å²) >= 11 is 7.13. The van der Waals surface area contributed by atoms with Crippen molar-refractivity contribution >= 4 is 50.8 Å². The standard InChI is InChI=1S/C20H19BrS2/c1-20(2,3)15-7-4-14(5-8-15)6-9-16-10-11-17(22-16)18-12-13-19(21)23-18/h4-13H,1-3H3/b9-6+. The molecule has 118 valence electrons. The van der Waals surface area contributed by atoms with Crippen LogP contribution in [0, 0.1) is 0 Å². The molecule has 0 aliphatic rings. The van der Waals surface area contributed by atoms with Gasteiger partial charge in [0.15, 0.2) is 0 Å². The van der Waals surface area contributed by atoms with E-state index in [1.807, 2.05) is 11.3 Å². The minimum atomic E-state index is 0.208. The Kier molecular flexibility index (Phi) is 4.90. The van der Waals surface area contributed by atoms with Crippen molar-refractivity contribution in [2.45, 2.75) is 26.2 Å². The van der Waals surface area contributed by atoms with Crippen LogP contribution >= 0.6 is 38.6 Å². The highest BCUT2D eigenvalue weighted by Gasteiger charge is 2.12. The first-order chi connectivity index (χ1) is 10.9. The molecule has 0 saturated carbocycles. The van der Waals surface area contributed by atoms with E-state index >= 15 is 0 Å². The monoisotopic (exact) mass is 402 g/mol. The molecule has 0 amide bonds. The van der Waals surface area contributed by atoms with Gasteiger partial charge in [-0.25, -0.2) is 0 Å². The maximum absolute atomic E-state index is 3.53. The molecule has 0 radical (unpaired) electrons. The van der Waals surface area contributed by atoms with Gasteiger partial charge in [-0.15, -0.1) is 22.7 Å². The van der Waals surface area contributed by atoms with E-state index in [1.165, 1.54) is 29.5 Å². The van der Waals surface area contributed by atoms with E-state index < -0.39 is 0 Å². The lowest BCUT2D eigenvalue weighted by Gasteiger charge is -2.18. The summed E-state index contributed by atoms with van der Waals surface area (Å²) in [5.74, 6) is 0. The molecule has 0 spiro atoms. The molecule has 0 bridgehead atoms. The Hall–Kier alpha value is -1.16. The predicted octanol–water partition coefficient (Wildman–Crippen LogP) is 7.71. The van der Waals surface area contributed by atoms with Gasteiger partial charge in [0.05, 0.1) is 3.79 Å². The van der Waals surface area contributed by atoms with Crippen molar-refractivity contribution in [2.75, 3.05) is 0 Å². The lowest BCUT2D eigenvalue weighted by Crippen LogP contribution is -2.10. The Morgan fingerprint density at radius 1 is 0.783 bits per heavy atom. The first kappa shape index (κ1) is 16.7. The van der Waals surface area contributed by atoms with Crippen molar-refractivity contribution in [3.63, 3.8) is 0 Å². The summed E-state index contributed by atoms with van der Waals surface area (Å²) in [5.41, 5.74) is 2.82. The SMILES string of the molecule is CC(C)(C)c1ccc(/C=C/c2ccc(-c3ccc(Br)s3)s2)cc1. The quantitative estimate of drug-likeness (QED) is 0.420. The minimum absolute atomic E-state index is 0.208. The maximum atomic E-state index is 3.53. The number of halogens is 1. The van der Waals surface area contributed by atoms with Gasteiger partial charge in [0.2, 0.25) is 0 Å². The number of thiophene rings is 2. The molecule has 23 heavy (non-hydrogen) atoms. The molecule has 0 atom stereocenters. The van der Waals surface area contributed by atoms with E-state index in [9.17, 15) is 0 Å². The van der Waals surface area contributed by atoms with Gasteiger partial charge in [-0.2, -0.15) is 0 Å². The zero-order chi connectivity index (χ0) is 16.4. The normalized spacial score (nSPS) is 12.2. The van der Waals surface area contributed by atoms with E-state index in [4.69, 9.17) is 0 Å². The molecule has 2 aromatic heterocycles. The Bertz CT molecular complexity index is 814. The molecule has 0 nitrogen and oxygen atoms in total. The highest BCUT2D eigenvalue weighted by Crippen LogP contribution is 2.36. The van der Waals surface area contributed by atoms with Gasteiger partial charge in [0.25, 0.3) is 0 Å². The summed E-state index contributed by atoms with van der Waals surface area (Å²) in [5, 5.41) is 0. The number of benzene rings is 1. The van der Waals surface area contributed by atoms with Gasteiger partial charge in [-0.3, -0.25) is 0 Å². The lowest BCUT2D eigenvalue weighted by atomic mass is 9.87. The predicted molar refractivity (Wildman–Crippen MR) is 109 cm³/mol. The molecule has 0 N–H and O–H groups in total. The topological polar surface area (TPSA) is 0 Å². The molecule has 3 heteroatoms. The largest absolute Gasteiger partial charge is 0.135 e. The summed E-state index contributed by atoms with van der Waals surface area (Å²) in [6, 6.07) is 17.5. The van der Waals surface area contributed by atoms with Crippen LogP contribution in [0.3, 0.4) is 0 Å². The summed E-state index contributed by atoms with van der Waals surface area (Å²) < 4.78 is 1.18. The van der Waals surface area contributed by atoms with Crippen LogP contribution in [0.5, 0.6) is 0 Å². The fourth-order valence-electron chi connectivity index (χ4n) is 2.29. The fourth-order valence-corrected chi connectivity index (χ4v) is 4.68. The average molecular weight is 403 g/mol. The van der Waals surface area contributed by atoms with Gasteiger partial charge in [0, 0.05) is 14.6 Å². The second kappa shape index (κ2) is 6.76. The van der Waals surface area contributed by atoms with Gasteiger partial charge >= 0.3 is 0 Å². The number of hydrogen-bond donors (Lipinski definition) is 0. The fraction of sp³-hybridized carbons (Fsp3) is 0.200. The van der Waals surface area contributed by atoms with Crippen LogP contribution in [0.4, 0.5) is 0 Å². The Labute approximate surface area is 154 Å². The van der Waals surface area contributed by atoms with Crippen LogP contribution in [0.1, 0.15) is 36.8 Å². The Morgan fingerprint density at radius 2 is 1.43 bits per heavy atom. The third-order valence-corrected chi connectivity index (χ3v) is 6.53. The second-order valence-electron chi connectivity index (χ2n) is 6.51. The molecule has 3 aromatic rings. The first-order valence-electron chi connectivity index (χ1n) is 7.56. The Morgan fingerprint density at radius 3 is 2.04 bits per heavy atom. The van der Waals surface area contributed by atoms with Crippen LogP contribution in [0.15, 0.2) is 52.3 Å². The summed E-state index contributed by atoms with van der Waals surface area (Å²) in [6.45, 7) is 6.73. The van der Waals surface area contributed by atoms with Gasteiger partial charge in [-0.05, 0) is 62.8 Å². The van der Waals surface area contributed by atoms with Crippen LogP contribution < -0.4 is 0 Å². The smallest absolute Gasteiger partial charge is 0.0705 e. The van der Waals surface area contributed by atoms with Crippen LogP contribution in [-0.4, -0.2) is 0 Å². The van der Waals surface area contributed by atoms with Crippen molar-refractivity contribution in [3.8, 4) is 9.75 Å². The zero-order valence-corrected chi connectivity index (χ0v) is 16.7. The number of rotatable bonds is 3. The minimum Gasteiger partial charge on any atom is -0.135 e. The molecule has 2 heterocycles.